The van der Waals surface area contributed by atoms with Gasteiger partial charge in [-0.25, -0.2) is 9.78 Å². The molecule has 80 valence electrons. The number of thiophene rings is 1. The molecule has 0 unspecified atom stereocenters. The van der Waals surface area contributed by atoms with Crippen LogP contribution in [0.5, 0.6) is 0 Å². The van der Waals surface area contributed by atoms with Crippen LogP contribution in [0.3, 0.4) is 0 Å². The van der Waals surface area contributed by atoms with E-state index < -0.39 is 0 Å². The second-order valence-corrected chi connectivity index (χ2v) is 4.72. The fraction of sp³-hybridized carbons (Fsp3) is 0.167. The van der Waals surface area contributed by atoms with Crippen molar-refractivity contribution in [3.63, 3.8) is 0 Å². The van der Waals surface area contributed by atoms with Crippen molar-refractivity contribution in [3.05, 3.63) is 39.1 Å². The molecule has 0 bridgehead atoms. The van der Waals surface area contributed by atoms with Gasteiger partial charge in [-0.3, -0.25) is 0 Å². The molecule has 0 saturated carbocycles. The van der Waals surface area contributed by atoms with E-state index in [-0.39, 0.29) is 5.63 Å². The van der Waals surface area contributed by atoms with Crippen LogP contribution in [0.1, 0.15) is 11.1 Å². The zero-order chi connectivity index (χ0) is 11.3. The highest BCUT2D eigenvalue weighted by molar-refractivity contribution is 7.17. The third-order valence-corrected chi connectivity index (χ3v) is 3.69. The first-order valence-corrected chi connectivity index (χ1v) is 5.82. The van der Waals surface area contributed by atoms with E-state index in [4.69, 9.17) is 4.42 Å². The van der Waals surface area contributed by atoms with Crippen molar-refractivity contribution in [3.8, 4) is 0 Å². The van der Waals surface area contributed by atoms with Gasteiger partial charge in [0.25, 0.3) is 0 Å². The van der Waals surface area contributed by atoms with Gasteiger partial charge in [0.15, 0.2) is 0 Å². The summed E-state index contributed by atoms with van der Waals surface area (Å²) in [5.41, 5.74) is 2.20. The molecule has 0 aliphatic heterocycles. The number of aryl methyl sites for hydroxylation is 2. The average molecular weight is 231 g/mol. The van der Waals surface area contributed by atoms with E-state index >= 15 is 0 Å². The number of rotatable bonds is 0. The van der Waals surface area contributed by atoms with Gasteiger partial charge in [-0.15, -0.1) is 11.3 Å². The summed E-state index contributed by atoms with van der Waals surface area (Å²) >= 11 is 1.57. The summed E-state index contributed by atoms with van der Waals surface area (Å²) in [4.78, 5) is 16.5. The maximum absolute atomic E-state index is 11.2. The lowest BCUT2D eigenvalue weighted by molar-refractivity contribution is 0.550. The van der Waals surface area contributed by atoms with Crippen molar-refractivity contribution >= 4 is 32.7 Å². The highest BCUT2D eigenvalue weighted by Gasteiger charge is 2.08. The van der Waals surface area contributed by atoms with Crippen LogP contribution in [0, 0.1) is 13.8 Å². The maximum atomic E-state index is 11.2. The third-order valence-electron chi connectivity index (χ3n) is 2.68. The van der Waals surface area contributed by atoms with Gasteiger partial charge in [0.05, 0.1) is 0 Å². The smallest absolute Gasteiger partial charge is 0.337 e. The van der Waals surface area contributed by atoms with E-state index in [1.165, 1.54) is 11.6 Å². The molecule has 0 fully saturated rings. The minimum absolute atomic E-state index is 0.342. The van der Waals surface area contributed by atoms with Crippen LogP contribution in [0.15, 0.2) is 26.7 Å². The number of nitrogens with zero attached hydrogens (tertiary/aromatic N) is 1. The summed E-state index contributed by atoms with van der Waals surface area (Å²) < 4.78 is 5.10. The molecule has 3 aromatic heterocycles. The van der Waals surface area contributed by atoms with E-state index in [0.29, 0.717) is 5.71 Å². The Labute approximate surface area is 95.4 Å². The molecular formula is C12H9NO2S. The van der Waals surface area contributed by atoms with Gasteiger partial charge in [0, 0.05) is 16.8 Å². The topological polar surface area (TPSA) is 43.1 Å². The van der Waals surface area contributed by atoms with Gasteiger partial charge < -0.3 is 4.42 Å². The Morgan fingerprint density at radius 2 is 2.00 bits per heavy atom. The van der Waals surface area contributed by atoms with E-state index in [1.807, 2.05) is 13.0 Å². The number of fused-ring (bicyclic) bond motifs is 2. The third kappa shape index (κ3) is 1.27. The molecule has 0 amide bonds. The quantitative estimate of drug-likeness (QED) is 0.597. The Morgan fingerprint density at radius 3 is 2.81 bits per heavy atom. The lowest BCUT2D eigenvalue weighted by atomic mass is 10.1. The number of pyridine rings is 1. The van der Waals surface area contributed by atoms with Crippen molar-refractivity contribution in [2.24, 2.45) is 0 Å². The van der Waals surface area contributed by atoms with Crippen LogP contribution in [0.25, 0.3) is 21.3 Å². The Hall–Kier alpha value is -1.68. The molecule has 3 heterocycles. The normalized spacial score (nSPS) is 11.4. The van der Waals surface area contributed by atoms with Crippen LogP contribution >= 0.6 is 11.3 Å². The first-order chi connectivity index (χ1) is 7.65. The summed E-state index contributed by atoms with van der Waals surface area (Å²) in [6.45, 7) is 3.95. The van der Waals surface area contributed by atoms with Crippen molar-refractivity contribution in [1.82, 2.24) is 4.98 Å². The highest BCUT2D eigenvalue weighted by Crippen LogP contribution is 2.27. The van der Waals surface area contributed by atoms with Gasteiger partial charge in [0.2, 0.25) is 5.71 Å². The molecule has 0 radical (unpaired) electrons. The lowest BCUT2D eigenvalue weighted by Crippen LogP contribution is -1.98. The summed E-state index contributed by atoms with van der Waals surface area (Å²) in [7, 11) is 0. The van der Waals surface area contributed by atoms with Crippen molar-refractivity contribution in [2.45, 2.75) is 13.8 Å². The van der Waals surface area contributed by atoms with E-state index in [9.17, 15) is 4.79 Å². The van der Waals surface area contributed by atoms with Gasteiger partial charge in [-0.1, -0.05) is 0 Å². The summed E-state index contributed by atoms with van der Waals surface area (Å²) in [5, 5.41) is 4.10. The second kappa shape index (κ2) is 3.15. The molecule has 0 aliphatic rings. The molecule has 16 heavy (non-hydrogen) atoms. The van der Waals surface area contributed by atoms with Gasteiger partial charge in [0.1, 0.15) is 4.83 Å². The molecule has 0 aromatic carbocycles. The van der Waals surface area contributed by atoms with Crippen molar-refractivity contribution < 1.29 is 4.42 Å². The molecule has 0 spiro atoms. The monoisotopic (exact) mass is 231 g/mol. The zero-order valence-corrected chi connectivity index (χ0v) is 9.72. The SMILES string of the molecule is Cc1cc(=O)oc2nc3scc(C)c3cc12. The molecule has 3 aromatic rings. The zero-order valence-electron chi connectivity index (χ0n) is 8.90. The summed E-state index contributed by atoms with van der Waals surface area (Å²) in [6, 6.07) is 3.54. The molecule has 0 N–H and O–H groups in total. The second-order valence-electron chi connectivity index (χ2n) is 3.86. The lowest BCUT2D eigenvalue weighted by Gasteiger charge is -1.99. The van der Waals surface area contributed by atoms with Gasteiger partial charge in [-0.05, 0) is 36.4 Å². The highest BCUT2D eigenvalue weighted by atomic mass is 32.1. The number of aromatic nitrogens is 1. The van der Waals surface area contributed by atoms with E-state index in [0.717, 1.165) is 21.2 Å². The standard InChI is InChI=1S/C12H9NO2S/c1-6-3-10(14)15-11-8(6)4-9-7(2)5-16-12(9)13-11/h3-5H,1-2H3. The Bertz CT molecular complexity index is 755. The molecule has 0 aliphatic carbocycles. The minimum atomic E-state index is -0.342. The van der Waals surface area contributed by atoms with Gasteiger partial charge >= 0.3 is 5.63 Å². The molecule has 0 saturated heterocycles. The number of hydrogen-bond donors (Lipinski definition) is 0. The molecule has 4 heteroatoms. The molecule has 3 rings (SSSR count). The number of hydrogen-bond acceptors (Lipinski definition) is 4. The Morgan fingerprint density at radius 1 is 1.19 bits per heavy atom. The fourth-order valence-electron chi connectivity index (χ4n) is 1.80. The van der Waals surface area contributed by atoms with Crippen LogP contribution in [0.4, 0.5) is 0 Å². The minimum Gasteiger partial charge on any atom is -0.404 e. The van der Waals surface area contributed by atoms with E-state index in [2.05, 4.69) is 17.3 Å². The van der Waals surface area contributed by atoms with Crippen LogP contribution < -0.4 is 5.63 Å². The van der Waals surface area contributed by atoms with E-state index in [1.54, 1.807) is 11.3 Å². The van der Waals surface area contributed by atoms with Crippen LogP contribution in [-0.2, 0) is 0 Å². The first-order valence-electron chi connectivity index (χ1n) is 4.94. The average Bonchev–Trinajstić information content (AvgIpc) is 2.57. The molecular weight excluding hydrogens is 222 g/mol. The summed E-state index contributed by atoms with van der Waals surface area (Å²) in [6.07, 6.45) is 0. The molecule has 0 atom stereocenters. The predicted molar refractivity (Wildman–Crippen MR) is 65.1 cm³/mol. The fourth-order valence-corrected chi connectivity index (χ4v) is 2.70. The van der Waals surface area contributed by atoms with Crippen LogP contribution in [0.2, 0.25) is 0 Å². The van der Waals surface area contributed by atoms with Gasteiger partial charge in [-0.2, -0.15) is 0 Å². The Balaban J connectivity index is 2.58. The first kappa shape index (κ1) is 9.54. The molecule has 3 nitrogen and oxygen atoms in total. The van der Waals surface area contributed by atoms with Crippen LogP contribution in [-0.4, -0.2) is 4.98 Å². The largest absolute Gasteiger partial charge is 0.404 e. The van der Waals surface area contributed by atoms with Crippen molar-refractivity contribution in [2.75, 3.05) is 0 Å². The Kier molecular flexibility index (Phi) is 1.88. The predicted octanol–water partition coefficient (Wildman–Crippen LogP) is 3.02. The summed E-state index contributed by atoms with van der Waals surface area (Å²) in [5.74, 6) is 0. The van der Waals surface area contributed by atoms with Crippen molar-refractivity contribution in [1.29, 1.82) is 0 Å². The maximum Gasteiger partial charge on any atom is 0.337 e.